The van der Waals surface area contributed by atoms with E-state index in [4.69, 9.17) is 26.5 Å². The summed E-state index contributed by atoms with van der Waals surface area (Å²) >= 11 is 5.63. The van der Waals surface area contributed by atoms with Gasteiger partial charge in [-0.15, -0.1) is 0 Å². The molecule has 0 aliphatic carbocycles. The second-order valence-corrected chi connectivity index (χ2v) is 5.96. The molecule has 0 bridgehead atoms. The first-order chi connectivity index (χ1) is 12.3. The Morgan fingerprint density at radius 2 is 1.69 bits per heavy atom. The van der Waals surface area contributed by atoms with Gasteiger partial charge in [-0.3, -0.25) is 4.90 Å². The van der Waals surface area contributed by atoms with Crippen LogP contribution in [0, 0.1) is 22.7 Å². The molecule has 4 nitrogen and oxygen atoms in total. The third-order valence-corrected chi connectivity index (χ3v) is 4.01. The fourth-order valence-electron chi connectivity index (χ4n) is 2.42. The first kappa shape index (κ1) is 19.8. The number of alkyl halides is 3. The summed E-state index contributed by atoms with van der Waals surface area (Å²) in [5.74, 6) is 0.835. The van der Waals surface area contributed by atoms with E-state index in [1.165, 1.54) is 12.1 Å². The molecule has 0 amide bonds. The van der Waals surface area contributed by atoms with Gasteiger partial charge in [0.15, 0.2) is 0 Å². The third kappa shape index (κ3) is 5.26. The van der Waals surface area contributed by atoms with Crippen molar-refractivity contribution < 1.29 is 17.6 Å². The normalized spacial score (nSPS) is 11.3. The number of hydrogen-bond acceptors (Lipinski definition) is 4. The number of furan rings is 1. The van der Waals surface area contributed by atoms with Crippen molar-refractivity contribution >= 4 is 11.6 Å². The molecule has 26 heavy (non-hydrogen) atoms. The van der Waals surface area contributed by atoms with Gasteiger partial charge in [0.05, 0.1) is 29.3 Å². The van der Waals surface area contributed by atoms with Crippen molar-refractivity contribution in [3.63, 3.8) is 0 Å². The predicted molar refractivity (Wildman–Crippen MR) is 89.9 cm³/mol. The molecule has 1 aromatic heterocycles. The molecule has 0 saturated heterocycles. The monoisotopic (exact) mass is 381 g/mol. The van der Waals surface area contributed by atoms with E-state index in [9.17, 15) is 13.2 Å². The molecule has 1 heterocycles. The Labute approximate surface area is 154 Å². The molecular formula is C18H15ClF3N3O. The molecular weight excluding hydrogens is 367 g/mol. The largest absolute Gasteiger partial charge is 0.460 e. The van der Waals surface area contributed by atoms with Crippen LogP contribution >= 0.6 is 11.6 Å². The minimum absolute atomic E-state index is 0.272. The van der Waals surface area contributed by atoms with Crippen molar-refractivity contribution in [2.24, 2.45) is 0 Å². The summed E-state index contributed by atoms with van der Waals surface area (Å²) in [6, 6.07) is 10.9. The fourth-order valence-corrected chi connectivity index (χ4v) is 2.65. The van der Waals surface area contributed by atoms with Crippen LogP contribution in [0.3, 0.4) is 0 Å². The lowest BCUT2D eigenvalue weighted by molar-refractivity contribution is -0.137. The van der Waals surface area contributed by atoms with E-state index in [-0.39, 0.29) is 10.6 Å². The van der Waals surface area contributed by atoms with Gasteiger partial charge in [0, 0.05) is 31.5 Å². The van der Waals surface area contributed by atoms with Crippen LogP contribution < -0.4 is 0 Å². The number of rotatable bonds is 7. The molecule has 0 saturated carbocycles. The smallest absolute Gasteiger partial charge is 0.417 e. The summed E-state index contributed by atoms with van der Waals surface area (Å²) in [6.45, 7) is 1.32. The molecule has 0 spiro atoms. The zero-order chi connectivity index (χ0) is 19.2. The van der Waals surface area contributed by atoms with Crippen molar-refractivity contribution in [2.45, 2.75) is 25.6 Å². The van der Waals surface area contributed by atoms with Crippen molar-refractivity contribution in [3.05, 3.63) is 46.7 Å². The van der Waals surface area contributed by atoms with Crippen LogP contribution in [0.4, 0.5) is 13.2 Å². The van der Waals surface area contributed by atoms with E-state index in [1.807, 2.05) is 17.0 Å². The summed E-state index contributed by atoms with van der Waals surface area (Å²) in [5.41, 5.74) is -0.646. The minimum atomic E-state index is -4.55. The highest BCUT2D eigenvalue weighted by molar-refractivity contribution is 6.31. The van der Waals surface area contributed by atoms with Crippen LogP contribution in [-0.4, -0.2) is 18.0 Å². The van der Waals surface area contributed by atoms with Gasteiger partial charge in [0.25, 0.3) is 0 Å². The van der Waals surface area contributed by atoms with Gasteiger partial charge in [-0.1, -0.05) is 11.6 Å². The van der Waals surface area contributed by atoms with Gasteiger partial charge in [-0.2, -0.15) is 23.7 Å². The topological polar surface area (TPSA) is 64.0 Å². The molecule has 0 unspecified atom stereocenters. The lowest BCUT2D eigenvalue weighted by Gasteiger charge is -2.18. The first-order valence-electron chi connectivity index (χ1n) is 7.77. The average molecular weight is 382 g/mol. The number of nitrogens with zero attached hydrogens (tertiary/aromatic N) is 3. The van der Waals surface area contributed by atoms with Gasteiger partial charge in [0.2, 0.25) is 0 Å². The van der Waals surface area contributed by atoms with Crippen LogP contribution in [0.25, 0.3) is 11.3 Å². The number of halogens is 4. The standard InChI is InChI=1S/C18H15ClF3N3O/c19-16-5-3-13(11-15(16)18(20,21)22)17-6-4-14(26-17)12-25(9-1-7-23)10-2-8-24/h3-6,11H,1-2,9-10,12H2. The van der Waals surface area contributed by atoms with Gasteiger partial charge >= 0.3 is 6.18 Å². The molecule has 2 rings (SSSR count). The molecule has 136 valence electrons. The van der Waals surface area contributed by atoms with Crippen molar-refractivity contribution in [1.82, 2.24) is 4.90 Å². The lowest BCUT2D eigenvalue weighted by Crippen LogP contribution is -2.25. The number of nitriles is 2. The van der Waals surface area contributed by atoms with Crippen LogP contribution in [-0.2, 0) is 12.7 Å². The van der Waals surface area contributed by atoms with Crippen molar-refractivity contribution in [2.75, 3.05) is 13.1 Å². The average Bonchev–Trinajstić information content (AvgIpc) is 3.05. The Morgan fingerprint density at radius 1 is 1.04 bits per heavy atom. The van der Waals surface area contributed by atoms with Crippen molar-refractivity contribution in [1.29, 1.82) is 10.5 Å². The summed E-state index contributed by atoms with van der Waals surface area (Å²) in [6.07, 6.45) is -3.93. The second-order valence-electron chi connectivity index (χ2n) is 5.55. The Balaban J connectivity index is 2.19. The van der Waals surface area contributed by atoms with E-state index in [1.54, 1.807) is 12.1 Å². The van der Waals surface area contributed by atoms with E-state index in [0.717, 1.165) is 6.07 Å². The van der Waals surface area contributed by atoms with Crippen LogP contribution in [0.15, 0.2) is 34.7 Å². The van der Waals surface area contributed by atoms with Crippen LogP contribution in [0.5, 0.6) is 0 Å². The van der Waals surface area contributed by atoms with Gasteiger partial charge < -0.3 is 4.42 Å². The van der Waals surface area contributed by atoms with E-state index in [0.29, 0.717) is 44.0 Å². The first-order valence-corrected chi connectivity index (χ1v) is 8.15. The second kappa shape index (κ2) is 8.75. The van der Waals surface area contributed by atoms with Gasteiger partial charge in [0.1, 0.15) is 11.5 Å². The predicted octanol–water partition coefficient (Wildman–Crippen LogP) is 5.25. The van der Waals surface area contributed by atoms with E-state index in [2.05, 4.69) is 0 Å². The molecule has 2 aromatic rings. The quantitative estimate of drug-likeness (QED) is 0.657. The fraction of sp³-hybridized carbons (Fsp3) is 0.333. The van der Waals surface area contributed by atoms with Crippen LogP contribution in [0.1, 0.15) is 24.2 Å². The molecule has 0 aliphatic rings. The molecule has 0 radical (unpaired) electrons. The van der Waals surface area contributed by atoms with Gasteiger partial charge in [-0.05, 0) is 30.3 Å². The molecule has 8 heteroatoms. The molecule has 0 atom stereocenters. The minimum Gasteiger partial charge on any atom is -0.460 e. The van der Waals surface area contributed by atoms with Gasteiger partial charge in [-0.25, -0.2) is 0 Å². The summed E-state index contributed by atoms with van der Waals surface area (Å²) in [5, 5.41) is 17.0. The lowest BCUT2D eigenvalue weighted by atomic mass is 10.1. The zero-order valence-electron chi connectivity index (χ0n) is 13.7. The molecule has 1 aromatic carbocycles. The molecule has 0 aliphatic heterocycles. The highest BCUT2D eigenvalue weighted by Crippen LogP contribution is 2.37. The maximum absolute atomic E-state index is 13.0. The van der Waals surface area contributed by atoms with Crippen molar-refractivity contribution in [3.8, 4) is 23.5 Å². The van der Waals surface area contributed by atoms with Crippen LogP contribution in [0.2, 0.25) is 5.02 Å². The highest BCUT2D eigenvalue weighted by Gasteiger charge is 2.33. The number of hydrogen-bond donors (Lipinski definition) is 0. The Morgan fingerprint density at radius 3 is 2.27 bits per heavy atom. The van der Waals surface area contributed by atoms with E-state index >= 15 is 0 Å². The maximum atomic E-state index is 13.0. The third-order valence-electron chi connectivity index (χ3n) is 3.68. The Bertz CT molecular complexity index is 815. The van der Waals surface area contributed by atoms with E-state index < -0.39 is 11.7 Å². The molecule has 0 N–H and O–H groups in total. The number of benzene rings is 1. The summed E-state index contributed by atoms with van der Waals surface area (Å²) in [7, 11) is 0. The molecule has 0 fully saturated rings. The Kier molecular flexibility index (Phi) is 6.68. The highest BCUT2D eigenvalue weighted by atomic mass is 35.5. The summed E-state index contributed by atoms with van der Waals surface area (Å²) in [4.78, 5) is 1.89. The summed E-state index contributed by atoms with van der Waals surface area (Å²) < 4.78 is 44.6. The Hall–Kier alpha value is -2.48. The zero-order valence-corrected chi connectivity index (χ0v) is 14.4. The maximum Gasteiger partial charge on any atom is 0.417 e. The SMILES string of the molecule is N#CCCN(CCC#N)Cc1ccc(-c2ccc(Cl)c(C(F)(F)F)c2)o1.